The van der Waals surface area contributed by atoms with Gasteiger partial charge in [0.05, 0.1) is 35.8 Å². The van der Waals surface area contributed by atoms with Gasteiger partial charge in [0.2, 0.25) is 0 Å². The van der Waals surface area contributed by atoms with Crippen LogP contribution in [0.25, 0.3) is 0 Å². The van der Waals surface area contributed by atoms with Crippen molar-refractivity contribution in [2.75, 3.05) is 13.7 Å². The van der Waals surface area contributed by atoms with Gasteiger partial charge >= 0.3 is 0 Å². The van der Waals surface area contributed by atoms with Gasteiger partial charge in [0, 0.05) is 13.7 Å². The molecule has 2 atom stereocenters. The van der Waals surface area contributed by atoms with Crippen LogP contribution in [-0.4, -0.2) is 24.2 Å². The fourth-order valence-corrected chi connectivity index (χ4v) is 6.93. The average molecular weight is 348 g/mol. The third-order valence-corrected chi connectivity index (χ3v) is 7.79. The molecule has 0 aromatic carbocycles. The summed E-state index contributed by atoms with van der Waals surface area (Å²) in [5.41, 5.74) is 1.05. The lowest BCUT2D eigenvalue weighted by atomic mass is 9.75. The highest BCUT2D eigenvalue weighted by atomic mass is 32.1. The molecular weight excluding hydrogens is 324 g/mol. The van der Waals surface area contributed by atoms with E-state index in [2.05, 4.69) is 9.56 Å². The molecule has 5 nitrogen and oxygen atoms in total. The van der Waals surface area contributed by atoms with Crippen molar-refractivity contribution in [3.05, 3.63) is 15.4 Å². The number of aromatic nitrogens is 1. The third-order valence-electron chi connectivity index (χ3n) is 6.70. The fraction of sp³-hybridized carbons (Fsp3) is 0.778. The highest BCUT2D eigenvalue weighted by Gasteiger charge is 2.61. The molecule has 1 aromatic rings. The number of fused-ring (bicyclic) bond motifs is 1. The van der Waals surface area contributed by atoms with Crippen molar-refractivity contribution in [2.24, 2.45) is 28.2 Å². The Morgan fingerprint density at radius 3 is 2.88 bits per heavy atom. The van der Waals surface area contributed by atoms with Gasteiger partial charge in [0.15, 0.2) is 4.80 Å². The van der Waals surface area contributed by atoms with Crippen LogP contribution in [-0.2, 0) is 34.0 Å². The van der Waals surface area contributed by atoms with Crippen molar-refractivity contribution < 1.29 is 14.3 Å². The van der Waals surface area contributed by atoms with Gasteiger partial charge in [-0.3, -0.25) is 4.79 Å². The number of ether oxygens (including phenoxy) is 2. The molecule has 4 aliphatic carbocycles. The van der Waals surface area contributed by atoms with Gasteiger partial charge in [0.1, 0.15) is 0 Å². The molecule has 130 valence electrons. The van der Waals surface area contributed by atoms with Crippen molar-refractivity contribution >= 4 is 17.2 Å². The van der Waals surface area contributed by atoms with Gasteiger partial charge in [-0.15, -0.1) is 0 Å². The van der Waals surface area contributed by atoms with E-state index in [1.165, 1.54) is 29.8 Å². The minimum absolute atomic E-state index is 0.127. The molecule has 0 saturated heterocycles. The van der Waals surface area contributed by atoms with Crippen LogP contribution in [0.2, 0.25) is 0 Å². The van der Waals surface area contributed by atoms with E-state index in [0.29, 0.717) is 25.7 Å². The molecule has 24 heavy (non-hydrogen) atoms. The topological polar surface area (TPSA) is 52.8 Å². The Labute approximate surface area is 145 Å². The zero-order chi connectivity index (χ0) is 16.3. The molecule has 2 unspecified atom stereocenters. The first-order chi connectivity index (χ1) is 11.7. The van der Waals surface area contributed by atoms with Gasteiger partial charge in [-0.05, 0) is 49.9 Å². The van der Waals surface area contributed by atoms with E-state index in [9.17, 15) is 4.79 Å². The second-order valence-corrected chi connectivity index (χ2v) is 9.07. The van der Waals surface area contributed by atoms with Crippen LogP contribution >= 0.6 is 11.3 Å². The van der Waals surface area contributed by atoms with Crippen molar-refractivity contribution in [1.29, 1.82) is 0 Å². The number of rotatable bonds is 4. The number of thiazole rings is 1. The summed E-state index contributed by atoms with van der Waals surface area (Å²) in [5.74, 6) is 2.32. The second kappa shape index (κ2) is 5.51. The first-order valence-electron chi connectivity index (χ1n) is 9.07. The highest BCUT2D eigenvalue weighted by molar-refractivity contribution is 7.09. The quantitative estimate of drug-likeness (QED) is 0.840. The number of carbonyl (C=O) groups excluding carboxylic acids is 1. The number of hydrogen-bond acceptors (Lipinski definition) is 4. The van der Waals surface area contributed by atoms with Crippen LogP contribution in [0.4, 0.5) is 0 Å². The van der Waals surface area contributed by atoms with Gasteiger partial charge in [-0.1, -0.05) is 11.3 Å². The molecule has 1 amide bonds. The van der Waals surface area contributed by atoms with E-state index in [-0.39, 0.29) is 11.3 Å². The van der Waals surface area contributed by atoms with Crippen molar-refractivity contribution in [3.63, 3.8) is 0 Å². The largest absolute Gasteiger partial charge is 0.383 e. The lowest BCUT2D eigenvalue weighted by molar-refractivity contribution is -0.129. The van der Waals surface area contributed by atoms with Crippen LogP contribution in [0.5, 0.6) is 0 Å². The van der Waals surface area contributed by atoms with Crippen LogP contribution in [0.3, 0.4) is 0 Å². The highest BCUT2D eigenvalue weighted by Crippen LogP contribution is 2.65. The molecule has 2 heterocycles. The number of nitrogens with zero attached hydrogens (tertiary/aromatic N) is 2. The Morgan fingerprint density at radius 2 is 2.12 bits per heavy atom. The van der Waals surface area contributed by atoms with Gasteiger partial charge in [-0.2, -0.15) is 4.99 Å². The third kappa shape index (κ3) is 2.12. The molecule has 5 aliphatic rings. The normalized spacial score (nSPS) is 36.7. The predicted molar refractivity (Wildman–Crippen MR) is 89.2 cm³/mol. The molecule has 6 heteroatoms. The second-order valence-electron chi connectivity index (χ2n) is 8.01. The first kappa shape index (κ1) is 15.3. The molecule has 1 aliphatic heterocycles. The SMILES string of the molecule is COCCn1c2c(sc1=NC(=O)C13CC4CC(CC1C4)C3)COC2. The van der Waals surface area contributed by atoms with Crippen molar-refractivity contribution in [3.8, 4) is 0 Å². The molecule has 6 rings (SSSR count). The van der Waals surface area contributed by atoms with Crippen LogP contribution in [0.1, 0.15) is 42.7 Å². The average Bonchev–Trinajstić information content (AvgIpc) is 3.24. The Balaban J connectivity index is 1.51. The monoisotopic (exact) mass is 348 g/mol. The van der Waals surface area contributed by atoms with Gasteiger partial charge in [-0.25, -0.2) is 0 Å². The van der Waals surface area contributed by atoms with Crippen molar-refractivity contribution in [2.45, 2.75) is 51.9 Å². The molecule has 1 aromatic heterocycles. The summed E-state index contributed by atoms with van der Waals surface area (Å²) in [4.78, 5) is 19.9. The van der Waals surface area contributed by atoms with Crippen LogP contribution in [0, 0.1) is 23.2 Å². The molecule has 4 fully saturated rings. The molecule has 0 radical (unpaired) electrons. The number of amides is 1. The maximum Gasteiger partial charge on any atom is 0.254 e. The summed E-state index contributed by atoms with van der Waals surface area (Å²) in [6.45, 7) is 2.63. The zero-order valence-corrected chi connectivity index (χ0v) is 14.9. The van der Waals surface area contributed by atoms with E-state index < -0.39 is 0 Å². The summed E-state index contributed by atoms with van der Waals surface area (Å²) < 4.78 is 12.9. The number of methoxy groups -OCH3 is 1. The maximum absolute atomic E-state index is 13.2. The lowest BCUT2D eigenvalue weighted by Crippen LogP contribution is -2.33. The molecule has 0 spiro atoms. The van der Waals surface area contributed by atoms with E-state index in [4.69, 9.17) is 9.47 Å². The van der Waals surface area contributed by atoms with Crippen LogP contribution < -0.4 is 4.80 Å². The van der Waals surface area contributed by atoms with E-state index in [1.807, 2.05) is 0 Å². The number of carbonyl (C=O) groups is 1. The zero-order valence-electron chi connectivity index (χ0n) is 14.1. The molecule has 4 saturated carbocycles. The molecule has 0 N–H and O–H groups in total. The minimum atomic E-state index is -0.127. The lowest BCUT2D eigenvalue weighted by Gasteiger charge is -2.29. The minimum Gasteiger partial charge on any atom is -0.383 e. The smallest absolute Gasteiger partial charge is 0.254 e. The van der Waals surface area contributed by atoms with Crippen molar-refractivity contribution in [1.82, 2.24) is 4.57 Å². The summed E-state index contributed by atoms with van der Waals surface area (Å²) >= 11 is 1.62. The van der Waals surface area contributed by atoms with E-state index >= 15 is 0 Å². The summed E-state index contributed by atoms with van der Waals surface area (Å²) in [7, 11) is 1.71. The summed E-state index contributed by atoms with van der Waals surface area (Å²) in [6.07, 6.45) is 6.04. The predicted octanol–water partition coefficient (Wildman–Crippen LogP) is 2.48. The standard InChI is InChI=1S/C18H24N2O3S/c1-22-3-2-20-14-9-23-10-15(14)24-17(20)19-16(21)18-7-11-4-12(8-18)6-13(18)5-11/h11-13H,2-10H2,1H3. The fourth-order valence-electron chi connectivity index (χ4n) is 5.84. The van der Waals surface area contributed by atoms with E-state index in [0.717, 1.165) is 36.0 Å². The molecule has 4 bridgehead atoms. The maximum atomic E-state index is 13.2. The summed E-state index contributed by atoms with van der Waals surface area (Å²) in [6, 6.07) is 0. The van der Waals surface area contributed by atoms with E-state index in [1.54, 1.807) is 18.4 Å². The Kier molecular flexibility index (Phi) is 3.51. The molecular formula is C18H24N2O3S. The number of hydrogen-bond donors (Lipinski definition) is 0. The Morgan fingerprint density at radius 1 is 1.33 bits per heavy atom. The Hall–Kier alpha value is -0.980. The summed E-state index contributed by atoms with van der Waals surface area (Å²) in [5, 5.41) is 0. The van der Waals surface area contributed by atoms with Crippen LogP contribution in [0.15, 0.2) is 4.99 Å². The Bertz CT molecular complexity index is 736. The first-order valence-corrected chi connectivity index (χ1v) is 9.88. The van der Waals surface area contributed by atoms with Gasteiger partial charge in [0.25, 0.3) is 5.91 Å². The van der Waals surface area contributed by atoms with Gasteiger partial charge < -0.3 is 14.0 Å².